The molecule has 212 valence electrons. The van der Waals surface area contributed by atoms with E-state index in [1.807, 2.05) is 36.4 Å². The molecule has 5 rings (SSSR count). The van der Waals surface area contributed by atoms with Crippen molar-refractivity contribution in [1.82, 2.24) is 4.90 Å². The first-order chi connectivity index (χ1) is 19.2. The monoisotopic (exact) mass is 542 g/mol. The molecule has 2 aliphatic rings. The summed E-state index contributed by atoms with van der Waals surface area (Å²) in [5.41, 5.74) is 19.4. The van der Waals surface area contributed by atoms with Crippen molar-refractivity contribution >= 4 is 17.3 Å². The zero-order valence-corrected chi connectivity index (χ0v) is 24.0. The lowest BCUT2D eigenvalue weighted by Gasteiger charge is -2.37. The van der Waals surface area contributed by atoms with Gasteiger partial charge in [0.25, 0.3) is 0 Å². The van der Waals surface area contributed by atoms with Gasteiger partial charge in [-0.25, -0.2) is 0 Å². The van der Waals surface area contributed by atoms with Crippen molar-refractivity contribution in [3.63, 3.8) is 0 Å². The van der Waals surface area contributed by atoms with E-state index in [0.29, 0.717) is 17.9 Å². The zero-order valence-electron chi connectivity index (χ0n) is 24.0. The van der Waals surface area contributed by atoms with E-state index in [-0.39, 0.29) is 12.0 Å². The van der Waals surface area contributed by atoms with Crippen molar-refractivity contribution < 1.29 is 14.3 Å². The average Bonchev–Trinajstić information content (AvgIpc) is 2.97. The van der Waals surface area contributed by atoms with Crippen LogP contribution in [0, 0.1) is 13.8 Å². The molecular weight excluding hydrogens is 500 g/mol. The first-order valence-electron chi connectivity index (χ1n) is 13.9. The fourth-order valence-electron chi connectivity index (χ4n) is 5.19. The van der Waals surface area contributed by atoms with Crippen LogP contribution in [-0.4, -0.2) is 57.2 Å². The first-order valence-corrected chi connectivity index (χ1v) is 13.9. The smallest absolute Gasteiger partial charge is 0.248 e. The summed E-state index contributed by atoms with van der Waals surface area (Å²) >= 11 is 0. The van der Waals surface area contributed by atoms with Crippen molar-refractivity contribution in [3.05, 3.63) is 101 Å². The van der Waals surface area contributed by atoms with Crippen LogP contribution in [0.25, 0.3) is 5.70 Å². The highest BCUT2D eigenvalue weighted by molar-refractivity contribution is 5.93. The number of nitrogens with zero attached hydrogens (tertiary/aromatic N) is 2. The number of primary amides is 1. The number of carbonyl (C=O) groups is 1. The fourth-order valence-corrected chi connectivity index (χ4v) is 5.19. The molecule has 0 aromatic heterocycles. The molecule has 7 nitrogen and oxygen atoms in total. The average molecular weight is 543 g/mol. The number of piperazine rings is 1. The van der Waals surface area contributed by atoms with Crippen LogP contribution in [-0.2, 0) is 11.2 Å². The second-order valence-electron chi connectivity index (χ2n) is 10.5. The van der Waals surface area contributed by atoms with Crippen LogP contribution in [0.2, 0.25) is 0 Å². The molecule has 0 saturated carbocycles. The number of aryl methyl sites for hydroxylation is 2. The highest BCUT2D eigenvalue weighted by Crippen LogP contribution is 2.31. The molecule has 0 radical (unpaired) electrons. The molecule has 3 aromatic rings. The SMILES string of the molecule is C=C(N)c1ccc(C)c(C)c1.COc1ccc(N2CCN(CCC3OCCc4cc(C(N)=O)ccc43)CC2)cc1. The maximum absolute atomic E-state index is 11.4. The van der Waals surface area contributed by atoms with Gasteiger partial charge < -0.3 is 25.8 Å². The van der Waals surface area contributed by atoms with Crippen LogP contribution in [0.3, 0.4) is 0 Å². The minimum atomic E-state index is -0.370. The van der Waals surface area contributed by atoms with E-state index in [1.165, 1.54) is 27.9 Å². The third kappa shape index (κ3) is 7.43. The Labute approximate surface area is 238 Å². The second-order valence-corrected chi connectivity index (χ2v) is 10.5. The molecule has 0 aliphatic carbocycles. The number of methoxy groups -OCH3 is 1. The van der Waals surface area contributed by atoms with Crippen LogP contribution >= 0.6 is 0 Å². The fraction of sp³-hybridized carbons (Fsp3) is 0.364. The third-order valence-corrected chi connectivity index (χ3v) is 7.86. The Morgan fingerprint density at radius 1 is 0.950 bits per heavy atom. The standard InChI is InChI=1S/C23H29N3O3.C10H13N/c1-28-20-5-3-19(4-6-20)26-13-11-25(12-14-26)10-8-22-21-7-2-18(23(24)27)16-17(21)9-15-29-22;1-7-4-5-10(9(3)11)6-8(7)2/h2-7,16,22H,8-15H2,1H3,(H2,24,27);4-6H,3,11H2,1-2H3. The summed E-state index contributed by atoms with van der Waals surface area (Å²) in [6.45, 7) is 13.7. The van der Waals surface area contributed by atoms with Gasteiger partial charge in [0.1, 0.15) is 5.75 Å². The van der Waals surface area contributed by atoms with Crippen LogP contribution in [0.4, 0.5) is 5.69 Å². The Hall–Kier alpha value is -3.81. The molecule has 1 saturated heterocycles. The molecule has 1 fully saturated rings. The predicted octanol–water partition coefficient (Wildman–Crippen LogP) is 4.85. The van der Waals surface area contributed by atoms with Crippen LogP contribution in [0.1, 0.15) is 50.7 Å². The van der Waals surface area contributed by atoms with Crippen LogP contribution < -0.4 is 21.1 Å². The highest BCUT2D eigenvalue weighted by Gasteiger charge is 2.24. The van der Waals surface area contributed by atoms with E-state index in [1.54, 1.807) is 7.11 Å². The number of rotatable bonds is 7. The van der Waals surface area contributed by atoms with Gasteiger partial charge in [-0.05, 0) is 97.0 Å². The quantitative estimate of drug-likeness (QED) is 0.443. The minimum Gasteiger partial charge on any atom is -0.497 e. The summed E-state index contributed by atoms with van der Waals surface area (Å²) in [5.74, 6) is 0.522. The molecule has 1 amide bonds. The lowest BCUT2D eigenvalue weighted by molar-refractivity contribution is 0.0289. The van der Waals surface area contributed by atoms with Crippen molar-refractivity contribution in [2.75, 3.05) is 51.3 Å². The third-order valence-electron chi connectivity index (χ3n) is 7.86. The van der Waals surface area contributed by atoms with Crippen molar-refractivity contribution in [2.24, 2.45) is 11.5 Å². The van der Waals surface area contributed by atoms with E-state index in [4.69, 9.17) is 20.9 Å². The summed E-state index contributed by atoms with van der Waals surface area (Å²) in [7, 11) is 1.69. The molecule has 7 heteroatoms. The van der Waals surface area contributed by atoms with Gasteiger partial charge in [0.15, 0.2) is 0 Å². The van der Waals surface area contributed by atoms with E-state index < -0.39 is 0 Å². The Balaban J connectivity index is 0.000000283. The molecule has 4 N–H and O–H groups in total. The summed E-state index contributed by atoms with van der Waals surface area (Å²) < 4.78 is 11.3. The van der Waals surface area contributed by atoms with Gasteiger partial charge in [-0.15, -0.1) is 0 Å². The van der Waals surface area contributed by atoms with Gasteiger partial charge >= 0.3 is 0 Å². The summed E-state index contributed by atoms with van der Waals surface area (Å²) in [4.78, 5) is 16.4. The zero-order chi connectivity index (χ0) is 28.6. The molecule has 0 spiro atoms. The number of ether oxygens (including phenoxy) is 2. The van der Waals surface area contributed by atoms with E-state index in [2.05, 4.69) is 54.5 Å². The van der Waals surface area contributed by atoms with Gasteiger partial charge in [0.05, 0.1) is 19.8 Å². The first kappa shape index (κ1) is 29.2. The number of nitrogens with two attached hydrogens (primary N) is 2. The normalized spacial score (nSPS) is 16.9. The summed E-state index contributed by atoms with van der Waals surface area (Å²) in [5, 5.41) is 0. The molecular formula is C33H42N4O3. The van der Waals surface area contributed by atoms with Gasteiger partial charge in [-0.1, -0.05) is 24.8 Å². The Morgan fingerprint density at radius 3 is 2.27 bits per heavy atom. The molecule has 0 bridgehead atoms. The number of hydrogen-bond acceptors (Lipinski definition) is 6. The van der Waals surface area contributed by atoms with Crippen LogP contribution in [0.5, 0.6) is 5.75 Å². The van der Waals surface area contributed by atoms with E-state index in [0.717, 1.165) is 56.9 Å². The summed E-state index contributed by atoms with van der Waals surface area (Å²) in [6, 6.07) is 20.2. The maximum atomic E-state index is 11.4. The van der Waals surface area contributed by atoms with Gasteiger partial charge in [0, 0.05) is 49.7 Å². The number of carbonyl (C=O) groups excluding carboxylic acids is 1. The summed E-state index contributed by atoms with van der Waals surface area (Å²) in [6.07, 6.45) is 1.90. The molecule has 2 heterocycles. The minimum absolute atomic E-state index is 0.0975. The lowest BCUT2D eigenvalue weighted by Crippen LogP contribution is -2.46. The molecule has 1 unspecified atom stereocenters. The number of fused-ring (bicyclic) bond motifs is 1. The van der Waals surface area contributed by atoms with Gasteiger partial charge in [-0.2, -0.15) is 0 Å². The van der Waals surface area contributed by atoms with E-state index >= 15 is 0 Å². The molecule has 3 aromatic carbocycles. The van der Waals surface area contributed by atoms with Gasteiger partial charge in [0.2, 0.25) is 5.91 Å². The molecule has 1 atom stereocenters. The maximum Gasteiger partial charge on any atom is 0.248 e. The van der Waals surface area contributed by atoms with Crippen molar-refractivity contribution in [2.45, 2.75) is 32.8 Å². The number of benzene rings is 3. The number of hydrogen-bond donors (Lipinski definition) is 2. The number of anilines is 1. The molecule has 40 heavy (non-hydrogen) atoms. The van der Waals surface area contributed by atoms with E-state index in [9.17, 15) is 4.79 Å². The number of amides is 1. The Kier molecular flexibility index (Phi) is 9.85. The lowest BCUT2D eigenvalue weighted by atomic mass is 9.93. The van der Waals surface area contributed by atoms with Crippen LogP contribution in [0.15, 0.2) is 67.2 Å². The Bertz CT molecular complexity index is 1310. The second kappa shape index (κ2) is 13.5. The topological polar surface area (TPSA) is 94.1 Å². The predicted molar refractivity (Wildman–Crippen MR) is 163 cm³/mol. The van der Waals surface area contributed by atoms with Crippen molar-refractivity contribution in [1.29, 1.82) is 0 Å². The highest BCUT2D eigenvalue weighted by atomic mass is 16.5. The largest absolute Gasteiger partial charge is 0.497 e. The molecule has 2 aliphatic heterocycles. The van der Waals surface area contributed by atoms with Gasteiger partial charge in [-0.3, -0.25) is 9.69 Å². The van der Waals surface area contributed by atoms with Crippen molar-refractivity contribution in [3.8, 4) is 5.75 Å². The Morgan fingerprint density at radius 2 is 1.65 bits per heavy atom.